The fourth-order valence-electron chi connectivity index (χ4n) is 2.62. The molecule has 8 heteroatoms. The Balaban J connectivity index is 2.19. The molecule has 0 bridgehead atoms. The number of pyridine rings is 1. The first kappa shape index (κ1) is 21.9. The predicted molar refractivity (Wildman–Crippen MR) is 104 cm³/mol. The standard InChI is InChI=1S/C20H21F3N2O2S/c1-4-28-15-7-5-13(24-11-15)10-18(27)25-14-6-8-16(19(2,3)12-26)17(9-14)20(21,22)23/h5-9,11-12H,4,10H2,1-3H3,(H,25,27). The van der Waals surface area contributed by atoms with E-state index in [0.29, 0.717) is 12.0 Å². The van der Waals surface area contributed by atoms with Gasteiger partial charge in [0.25, 0.3) is 0 Å². The van der Waals surface area contributed by atoms with Crippen LogP contribution in [0.3, 0.4) is 0 Å². The van der Waals surface area contributed by atoms with Gasteiger partial charge in [0.2, 0.25) is 5.91 Å². The zero-order valence-corrected chi connectivity index (χ0v) is 16.6. The minimum Gasteiger partial charge on any atom is -0.326 e. The van der Waals surface area contributed by atoms with Crippen molar-refractivity contribution in [2.24, 2.45) is 0 Å². The lowest BCUT2D eigenvalue weighted by molar-refractivity contribution is -0.138. The number of aldehydes is 1. The Labute approximate surface area is 165 Å². The van der Waals surface area contributed by atoms with Gasteiger partial charge in [-0.2, -0.15) is 13.2 Å². The van der Waals surface area contributed by atoms with Crippen LogP contribution < -0.4 is 5.32 Å². The second-order valence-corrected chi connectivity index (χ2v) is 8.08. The Bertz CT molecular complexity index is 850. The normalized spacial score (nSPS) is 11.9. The topological polar surface area (TPSA) is 59.1 Å². The highest BCUT2D eigenvalue weighted by Gasteiger charge is 2.38. The van der Waals surface area contributed by atoms with Crippen molar-refractivity contribution >= 4 is 29.6 Å². The summed E-state index contributed by atoms with van der Waals surface area (Å²) in [6, 6.07) is 7.01. The van der Waals surface area contributed by atoms with Crippen LogP contribution in [0.5, 0.6) is 0 Å². The molecule has 0 fully saturated rings. The van der Waals surface area contributed by atoms with E-state index in [9.17, 15) is 22.8 Å². The van der Waals surface area contributed by atoms with Gasteiger partial charge in [-0.3, -0.25) is 9.78 Å². The van der Waals surface area contributed by atoms with Crippen molar-refractivity contribution in [3.8, 4) is 0 Å². The molecule has 2 aromatic rings. The number of carbonyl (C=O) groups is 2. The highest BCUT2D eigenvalue weighted by atomic mass is 32.2. The van der Waals surface area contributed by atoms with Gasteiger partial charge in [0.1, 0.15) is 6.29 Å². The minimum atomic E-state index is -4.65. The van der Waals surface area contributed by atoms with Crippen molar-refractivity contribution in [3.05, 3.63) is 53.3 Å². The number of rotatable bonds is 7. The quantitative estimate of drug-likeness (QED) is 0.523. The predicted octanol–water partition coefficient (Wildman–Crippen LogP) is 4.87. The fourth-order valence-corrected chi connectivity index (χ4v) is 3.24. The van der Waals surface area contributed by atoms with Crippen LogP contribution in [0.15, 0.2) is 41.4 Å². The van der Waals surface area contributed by atoms with Gasteiger partial charge in [0.15, 0.2) is 0 Å². The van der Waals surface area contributed by atoms with Crippen molar-refractivity contribution in [3.63, 3.8) is 0 Å². The van der Waals surface area contributed by atoms with Gasteiger partial charge in [-0.15, -0.1) is 11.8 Å². The molecule has 1 aromatic carbocycles. The van der Waals surface area contributed by atoms with Crippen LogP contribution in [0.1, 0.15) is 37.6 Å². The Morgan fingerprint density at radius 1 is 1.18 bits per heavy atom. The molecule has 1 heterocycles. The summed E-state index contributed by atoms with van der Waals surface area (Å²) in [7, 11) is 0. The zero-order valence-electron chi connectivity index (χ0n) is 15.8. The van der Waals surface area contributed by atoms with Gasteiger partial charge in [0.05, 0.1) is 12.0 Å². The smallest absolute Gasteiger partial charge is 0.326 e. The molecule has 2 rings (SSSR count). The number of anilines is 1. The van der Waals surface area contributed by atoms with Crippen LogP contribution in [-0.4, -0.2) is 22.9 Å². The Kier molecular flexibility index (Phi) is 6.87. The van der Waals surface area contributed by atoms with Crippen LogP contribution in [0, 0.1) is 0 Å². The molecule has 4 nitrogen and oxygen atoms in total. The lowest BCUT2D eigenvalue weighted by Crippen LogP contribution is -2.24. The molecule has 1 N–H and O–H groups in total. The largest absolute Gasteiger partial charge is 0.416 e. The van der Waals surface area contributed by atoms with Crippen LogP contribution in [0.2, 0.25) is 0 Å². The van der Waals surface area contributed by atoms with E-state index in [2.05, 4.69) is 10.3 Å². The Morgan fingerprint density at radius 3 is 2.43 bits per heavy atom. The van der Waals surface area contributed by atoms with Crippen molar-refractivity contribution < 1.29 is 22.8 Å². The molecule has 0 spiro atoms. The van der Waals surface area contributed by atoms with Gasteiger partial charge in [0, 0.05) is 27.9 Å². The molecule has 0 saturated heterocycles. The van der Waals surface area contributed by atoms with Gasteiger partial charge < -0.3 is 10.1 Å². The summed E-state index contributed by atoms with van der Waals surface area (Å²) in [6.45, 7) is 4.84. The molecule has 28 heavy (non-hydrogen) atoms. The van der Waals surface area contributed by atoms with E-state index in [4.69, 9.17) is 0 Å². The highest BCUT2D eigenvalue weighted by Crippen LogP contribution is 2.38. The monoisotopic (exact) mass is 410 g/mol. The van der Waals surface area contributed by atoms with Crippen LogP contribution in [0.25, 0.3) is 0 Å². The summed E-state index contributed by atoms with van der Waals surface area (Å²) < 4.78 is 40.3. The van der Waals surface area contributed by atoms with Gasteiger partial charge in [-0.25, -0.2) is 0 Å². The third-order valence-corrected chi connectivity index (χ3v) is 4.91. The summed E-state index contributed by atoms with van der Waals surface area (Å²) in [5, 5.41) is 2.47. The fraction of sp³-hybridized carbons (Fsp3) is 0.350. The SMILES string of the molecule is CCSc1ccc(CC(=O)Nc2ccc(C(C)(C)C=O)c(C(F)(F)F)c2)nc1. The minimum absolute atomic E-state index is 0.0148. The molecule has 0 radical (unpaired) electrons. The van der Waals surface area contributed by atoms with Gasteiger partial charge >= 0.3 is 6.18 Å². The van der Waals surface area contributed by atoms with E-state index < -0.39 is 23.1 Å². The molecule has 1 aromatic heterocycles. The van der Waals surface area contributed by atoms with E-state index >= 15 is 0 Å². The summed E-state index contributed by atoms with van der Waals surface area (Å²) in [6.07, 6.45) is -2.57. The van der Waals surface area contributed by atoms with Gasteiger partial charge in [-0.1, -0.05) is 13.0 Å². The Morgan fingerprint density at radius 2 is 1.89 bits per heavy atom. The van der Waals surface area contributed by atoms with Crippen LogP contribution in [0.4, 0.5) is 18.9 Å². The molecule has 1 amide bonds. The van der Waals surface area contributed by atoms with Crippen molar-refractivity contribution in [1.29, 1.82) is 0 Å². The number of alkyl halides is 3. The number of aromatic nitrogens is 1. The summed E-state index contributed by atoms with van der Waals surface area (Å²) in [4.78, 5) is 28.6. The molecule has 0 atom stereocenters. The van der Waals surface area contributed by atoms with Crippen molar-refractivity contribution in [2.75, 3.05) is 11.1 Å². The maximum Gasteiger partial charge on any atom is 0.416 e. The summed E-state index contributed by atoms with van der Waals surface area (Å²) in [5.41, 5.74) is -1.84. The number of thioether (sulfide) groups is 1. The molecule has 0 aliphatic heterocycles. The number of nitrogens with one attached hydrogen (secondary N) is 1. The van der Waals surface area contributed by atoms with E-state index in [-0.39, 0.29) is 17.7 Å². The highest BCUT2D eigenvalue weighted by molar-refractivity contribution is 7.99. The van der Waals surface area contributed by atoms with Crippen molar-refractivity contribution in [1.82, 2.24) is 4.98 Å². The van der Waals surface area contributed by atoms with E-state index in [0.717, 1.165) is 16.7 Å². The first-order chi connectivity index (χ1) is 13.1. The zero-order chi connectivity index (χ0) is 20.9. The number of amides is 1. The lowest BCUT2D eigenvalue weighted by atomic mass is 9.82. The molecule has 0 unspecified atom stereocenters. The number of benzene rings is 1. The van der Waals surface area contributed by atoms with E-state index in [1.54, 1.807) is 24.0 Å². The van der Waals surface area contributed by atoms with Gasteiger partial charge in [-0.05, 0) is 49.4 Å². The number of halogens is 3. The molecule has 150 valence electrons. The summed E-state index contributed by atoms with van der Waals surface area (Å²) in [5.74, 6) is 0.430. The van der Waals surface area contributed by atoms with E-state index in [1.165, 1.54) is 26.0 Å². The molecule has 0 saturated carbocycles. The number of carbonyl (C=O) groups excluding carboxylic acids is 2. The lowest BCUT2D eigenvalue weighted by Gasteiger charge is -2.23. The second-order valence-electron chi connectivity index (χ2n) is 6.74. The van der Waals surface area contributed by atoms with Crippen LogP contribution >= 0.6 is 11.8 Å². The van der Waals surface area contributed by atoms with Crippen molar-refractivity contribution in [2.45, 2.75) is 43.7 Å². The molecule has 0 aliphatic rings. The molecular formula is C20H21F3N2O2S. The maximum absolute atomic E-state index is 13.4. The third kappa shape index (κ3) is 5.58. The number of hydrogen-bond acceptors (Lipinski definition) is 4. The Hall–Kier alpha value is -2.35. The first-order valence-electron chi connectivity index (χ1n) is 8.62. The number of hydrogen-bond donors (Lipinski definition) is 1. The average molecular weight is 410 g/mol. The molecular weight excluding hydrogens is 389 g/mol. The van der Waals surface area contributed by atoms with E-state index in [1.807, 2.05) is 13.0 Å². The third-order valence-electron chi connectivity index (χ3n) is 4.05. The first-order valence-corrected chi connectivity index (χ1v) is 9.61. The summed E-state index contributed by atoms with van der Waals surface area (Å²) >= 11 is 1.62. The van der Waals surface area contributed by atoms with Crippen LogP contribution in [-0.2, 0) is 27.6 Å². The second kappa shape index (κ2) is 8.77. The number of nitrogens with zero attached hydrogens (tertiary/aromatic N) is 1. The average Bonchev–Trinajstić information content (AvgIpc) is 2.62. The maximum atomic E-state index is 13.4. The molecule has 0 aliphatic carbocycles.